The molecule has 1 atom stereocenters. The van der Waals surface area contributed by atoms with E-state index in [1.165, 1.54) is 0 Å². The number of carbonyl (C=O) groups is 1. The van der Waals surface area contributed by atoms with E-state index in [0.29, 0.717) is 10.0 Å². The first-order valence-corrected chi connectivity index (χ1v) is 8.24. The normalized spacial score (nSPS) is 17.6. The molecule has 1 aromatic rings. The first kappa shape index (κ1) is 17.3. The molecule has 1 saturated heterocycles. The van der Waals surface area contributed by atoms with Crippen molar-refractivity contribution in [2.75, 3.05) is 31.1 Å². The van der Waals surface area contributed by atoms with Gasteiger partial charge < -0.3 is 10.2 Å². The number of pyridine rings is 1. The second-order valence-corrected chi connectivity index (χ2v) is 6.66. The van der Waals surface area contributed by atoms with E-state index in [2.05, 4.69) is 20.1 Å². The summed E-state index contributed by atoms with van der Waals surface area (Å²) in [6.07, 6.45) is 1.61. The minimum Gasteiger partial charge on any atom is -0.353 e. The Morgan fingerprint density at radius 3 is 2.41 bits per heavy atom. The van der Waals surface area contributed by atoms with Gasteiger partial charge in [-0.2, -0.15) is 0 Å². The maximum atomic E-state index is 12.1. The Labute approximate surface area is 141 Å². The van der Waals surface area contributed by atoms with E-state index < -0.39 is 0 Å². The van der Waals surface area contributed by atoms with Gasteiger partial charge in [-0.25, -0.2) is 4.98 Å². The maximum absolute atomic E-state index is 12.1. The highest BCUT2D eigenvalue weighted by Crippen LogP contribution is 2.26. The fraction of sp³-hybridized carbons (Fsp3) is 0.600. The predicted octanol–water partition coefficient (Wildman–Crippen LogP) is 2.42. The third kappa shape index (κ3) is 4.24. The van der Waals surface area contributed by atoms with Gasteiger partial charge in [-0.05, 0) is 26.8 Å². The zero-order chi connectivity index (χ0) is 16.3. The molecule has 122 valence electrons. The van der Waals surface area contributed by atoms with Crippen LogP contribution in [-0.4, -0.2) is 54.1 Å². The second-order valence-electron chi connectivity index (χ2n) is 5.82. The third-order valence-corrected chi connectivity index (χ3v) is 4.25. The van der Waals surface area contributed by atoms with Crippen molar-refractivity contribution in [2.24, 2.45) is 0 Å². The van der Waals surface area contributed by atoms with Gasteiger partial charge in [0, 0.05) is 38.4 Å². The lowest BCUT2D eigenvalue weighted by molar-refractivity contribution is -0.126. The van der Waals surface area contributed by atoms with E-state index >= 15 is 0 Å². The molecule has 22 heavy (non-hydrogen) atoms. The Hall–Kier alpha value is -1.04. The number of amides is 1. The second kappa shape index (κ2) is 7.49. The predicted molar refractivity (Wildman–Crippen MR) is 90.8 cm³/mol. The highest BCUT2D eigenvalue weighted by molar-refractivity contribution is 6.36. The maximum Gasteiger partial charge on any atom is 0.237 e. The van der Waals surface area contributed by atoms with Crippen molar-refractivity contribution < 1.29 is 4.79 Å². The minimum atomic E-state index is -0.127. The Morgan fingerprint density at radius 1 is 1.23 bits per heavy atom. The Morgan fingerprint density at radius 2 is 1.86 bits per heavy atom. The summed E-state index contributed by atoms with van der Waals surface area (Å²) < 4.78 is 0. The minimum absolute atomic E-state index is 0.0751. The van der Waals surface area contributed by atoms with Crippen molar-refractivity contribution in [3.8, 4) is 0 Å². The summed E-state index contributed by atoms with van der Waals surface area (Å²) in [4.78, 5) is 20.7. The van der Waals surface area contributed by atoms with Crippen molar-refractivity contribution >= 4 is 34.9 Å². The van der Waals surface area contributed by atoms with Gasteiger partial charge in [0.1, 0.15) is 5.82 Å². The van der Waals surface area contributed by atoms with Crippen LogP contribution in [0.3, 0.4) is 0 Å². The van der Waals surface area contributed by atoms with Gasteiger partial charge in [-0.15, -0.1) is 0 Å². The van der Waals surface area contributed by atoms with Crippen LogP contribution >= 0.6 is 23.2 Å². The molecule has 2 heterocycles. The summed E-state index contributed by atoms with van der Waals surface area (Å²) in [5.74, 6) is 0.830. The average molecular weight is 345 g/mol. The SMILES string of the molecule is CC(C)NC(=O)C(C)N1CCN(c2ncc(Cl)cc2Cl)CC1. The first-order chi connectivity index (χ1) is 10.4. The van der Waals surface area contributed by atoms with E-state index in [1.807, 2.05) is 20.8 Å². The number of nitrogens with zero attached hydrogens (tertiary/aromatic N) is 3. The molecule has 7 heteroatoms. The highest BCUT2D eigenvalue weighted by atomic mass is 35.5. The molecule has 1 N–H and O–H groups in total. The number of piperazine rings is 1. The van der Waals surface area contributed by atoms with Crippen LogP contribution in [0.4, 0.5) is 5.82 Å². The number of aromatic nitrogens is 1. The van der Waals surface area contributed by atoms with Crippen LogP contribution in [0.2, 0.25) is 10.0 Å². The molecule has 1 aliphatic rings. The van der Waals surface area contributed by atoms with Crippen molar-refractivity contribution in [2.45, 2.75) is 32.9 Å². The lowest BCUT2D eigenvalue weighted by Crippen LogP contribution is -2.54. The molecule has 1 unspecified atom stereocenters. The smallest absolute Gasteiger partial charge is 0.237 e. The monoisotopic (exact) mass is 344 g/mol. The summed E-state index contributed by atoms with van der Waals surface area (Å²) in [6, 6.07) is 1.74. The third-order valence-electron chi connectivity index (χ3n) is 3.76. The standard InChI is InChI=1S/C15H22Cl2N4O/c1-10(2)19-15(22)11(3)20-4-6-21(7-5-20)14-13(17)8-12(16)9-18-14/h8-11H,4-7H2,1-3H3,(H,19,22). The summed E-state index contributed by atoms with van der Waals surface area (Å²) in [5.41, 5.74) is 0. The molecule has 0 bridgehead atoms. The van der Waals surface area contributed by atoms with Gasteiger partial charge in [0.25, 0.3) is 0 Å². The molecule has 1 amide bonds. The van der Waals surface area contributed by atoms with Crippen LogP contribution in [0, 0.1) is 0 Å². The number of anilines is 1. The quantitative estimate of drug-likeness (QED) is 0.911. The summed E-state index contributed by atoms with van der Waals surface area (Å²) >= 11 is 12.1. The molecular formula is C15H22Cl2N4O. The van der Waals surface area contributed by atoms with Gasteiger partial charge in [0.2, 0.25) is 5.91 Å². The van der Waals surface area contributed by atoms with Crippen LogP contribution in [0.25, 0.3) is 0 Å². The number of hydrogen-bond donors (Lipinski definition) is 1. The zero-order valence-corrected chi connectivity index (χ0v) is 14.7. The summed E-state index contributed by atoms with van der Waals surface area (Å²) in [6.45, 7) is 9.05. The average Bonchev–Trinajstić information content (AvgIpc) is 2.46. The van der Waals surface area contributed by atoms with Gasteiger partial charge in [-0.1, -0.05) is 23.2 Å². The molecule has 1 aromatic heterocycles. The van der Waals surface area contributed by atoms with E-state index in [9.17, 15) is 4.79 Å². The number of nitrogens with one attached hydrogen (secondary N) is 1. The number of hydrogen-bond acceptors (Lipinski definition) is 4. The molecule has 2 rings (SSSR count). The van der Waals surface area contributed by atoms with E-state index in [1.54, 1.807) is 12.3 Å². The largest absolute Gasteiger partial charge is 0.353 e. The number of carbonyl (C=O) groups excluding carboxylic acids is 1. The van der Waals surface area contributed by atoms with Crippen molar-refractivity contribution in [3.63, 3.8) is 0 Å². The number of halogens is 2. The Bertz CT molecular complexity index is 530. The lowest BCUT2D eigenvalue weighted by atomic mass is 10.2. The van der Waals surface area contributed by atoms with Crippen LogP contribution in [0.1, 0.15) is 20.8 Å². The van der Waals surface area contributed by atoms with Crippen molar-refractivity contribution in [3.05, 3.63) is 22.3 Å². The molecular weight excluding hydrogens is 323 g/mol. The van der Waals surface area contributed by atoms with Crippen LogP contribution < -0.4 is 10.2 Å². The van der Waals surface area contributed by atoms with E-state index in [4.69, 9.17) is 23.2 Å². The molecule has 0 radical (unpaired) electrons. The Kier molecular flexibility index (Phi) is 5.89. The van der Waals surface area contributed by atoms with Crippen LogP contribution in [0.5, 0.6) is 0 Å². The van der Waals surface area contributed by atoms with Gasteiger partial charge in [0.15, 0.2) is 0 Å². The van der Waals surface area contributed by atoms with Gasteiger partial charge in [0.05, 0.1) is 16.1 Å². The molecule has 1 fully saturated rings. The first-order valence-electron chi connectivity index (χ1n) is 7.49. The molecule has 0 saturated carbocycles. The lowest BCUT2D eigenvalue weighted by Gasteiger charge is -2.38. The Balaban J connectivity index is 1.94. The summed E-state index contributed by atoms with van der Waals surface area (Å²) in [5, 5.41) is 4.05. The van der Waals surface area contributed by atoms with E-state index in [-0.39, 0.29) is 18.0 Å². The zero-order valence-electron chi connectivity index (χ0n) is 13.1. The molecule has 0 aliphatic carbocycles. The number of rotatable bonds is 4. The van der Waals surface area contributed by atoms with E-state index in [0.717, 1.165) is 32.0 Å². The highest BCUT2D eigenvalue weighted by Gasteiger charge is 2.26. The molecule has 0 aromatic carbocycles. The van der Waals surface area contributed by atoms with Gasteiger partial charge in [-0.3, -0.25) is 9.69 Å². The molecule has 5 nitrogen and oxygen atoms in total. The molecule has 0 spiro atoms. The summed E-state index contributed by atoms with van der Waals surface area (Å²) in [7, 11) is 0. The van der Waals surface area contributed by atoms with Gasteiger partial charge >= 0.3 is 0 Å². The fourth-order valence-electron chi connectivity index (χ4n) is 2.53. The topological polar surface area (TPSA) is 48.5 Å². The van der Waals surface area contributed by atoms with Crippen LogP contribution in [-0.2, 0) is 4.79 Å². The fourth-order valence-corrected chi connectivity index (χ4v) is 3.03. The molecule has 1 aliphatic heterocycles. The van der Waals surface area contributed by atoms with Crippen LogP contribution in [0.15, 0.2) is 12.3 Å². The van der Waals surface area contributed by atoms with Crippen molar-refractivity contribution in [1.29, 1.82) is 0 Å². The van der Waals surface area contributed by atoms with Crippen molar-refractivity contribution in [1.82, 2.24) is 15.2 Å².